The van der Waals surface area contributed by atoms with Gasteiger partial charge in [-0.2, -0.15) is 0 Å². The summed E-state index contributed by atoms with van der Waals surface area (Å²) in [6.07, 6.45) is -0.176. The third-order valence-corrected chi connectivity index (χ3v) is 6.17. The number of ether oxygens (including phenoxy) is 1. The molecule has 0 heterocycles. The zero-order valence-electron chi connectivity index (χ0n) is 17.5. The molecule has 0 unspecified atom stereocenters. The smallest absolute Gasteiger partial charge is 0.276 e. The van der Waals surface area contributed by atoms with Gasteiger partial charge in [-0.15, -0.1) is 0 Å². The highest BCUT2D eigenvalue weighted by Gasteiger charge is 2.14. The summed E-state index contributed by atoms with van der Waals surface area (Å²) >= 11 is 5.75. The lowest BCUT2D eigenvalue weighted by molar-refractivity contribution is -0.129. The minimum Gasteiger partial charge on any atom is -0.483 e. The maximum Gasteiger partial charge on any atom is 0.276 e. The van der Waals surface area contributed by atoms with Crippen LogP contribution in [0.3, 0.4) is 0 Å². The monoisotopic (exact) mass is 487 g/mol. The number of carbonyl (C=O) groups excluding carboxylic acids is 2. The summed E-state index contributed by atoms with van der Waals surface area (Å²) in [6, 6.07) is 22.5. The fourth-order valence-electron chi connectivity index (χ4n) is 2.83. The molecule has 33 heavy (non-hydrogen) atoms. The molecule has 0 fully saturated rings. The highest BCUT2D eigenvalue weighted by Crippen LogP contribution is 2.29. The first-order chi connectivity index (χ1) is 15.8. The Hall–Kier alpha value is -3.40. The van der Waals surface area contributed by atoms with Crippen LogP contribution in [0.2, 0.25) is 5.02 Å². The van der Waals surface area contributed by atoms with Crippen LogP contribution in [-0.4, -0.2) is 33.4 Å². The number of sulfonamides is 1. The molecule has 0 aliphatic rings. The molecule has 0 atom stereocenters. The highest BCUT2D eigenvalue weighted by molar-refractivity contribution is 7.89. The molecule has 3 rings (SSSR count). The Balaban J connectivity index is 1.42. The molecule has 3 aromatic rings. The zero-order valence-corrected chi connectivity index (χ0v) is 19.0. The van der Waals surface area contributed by atoms with Crippen molar-refractivity contribution >= 4 is 33.4 Å². The molecule has 0 saturated heterocycles. The largest absolute Gasteiger partial charge is 0.483 e. The Bertz CT molecular complexity index is 1200. The second kappa shape index (κ2) is 11.5. The van der Waals surface area contributed by atoms with E-state index in [9.17, 15) is 18.0 Å². The van der Waals surface area contributed by atoms with Gasteiger partial charge in [0.05, 0.1) is 4.90 Å². The van der Waals surface area contributed by atoms with Crippen molar-refractivity contribution in [1.82, 2.24) is 15.6 Å². The molecule has 0 radical (unpaired) electrons. The van der Waals surface area contributed by atoms with E-state index in [1.165, 1.54) is 24.3 Å². The van der Waals surface area contributed by atoms with Crippen molar-refractivity contribution < 1.29 is 22.7 Å². The summed E-state index contributed by atoms with van der Waals surface area (Å²) in [4.78, 5) is 24.0. The number of halogens is 1. The number of rotatable bonds is 9. The van der Waals surface area contributed by atoms with Crippen molar-refractivity contribution in [2.75, 3.05) is 13.2 Å². The van der Waals surface area contributed by atoms with E-state index in [0.29, 0.717) is 10.8 Å². The maximum atomic E-state index is 12.2. The van der Waals surface area contributed by atoms with Crippen LogP contribution in [0, 0.1) is 0 Å². The van der Waals surface area contributed by atoms with Gasteiger partial charge in [-0.1, -0.05) is 60.1 Å². The van der Waals surface area contributed by atoms with Crippen molar-refractivity contribution in [3.8, 4) is 16.9 Å². The molecule has 10 heteroatoms. The number of amides is 2. The van der Waals surface area contributed by atoms with Crippen LogP contribution in [0.1, 0.15) is 6.42 Å². The van der Waals surface area contributed by atoms with Crippen LogP contribution in [0.4, 0.5) is 0 Å². The predicted octanol–water partition coefficient (Wildman–Crippen LogP) is 2.90. The Labute approximate surface area is 196 Å². The third kappa shape index (κ3) is 7.31. The van der Waals surface area contributed by atoms with E-state index in [2.05, 4.69) is 15.6 Å². The molecular formula is C23H22ClN3O5S. The quantitative estimate of drug-likeness (QED) is 0.402. The van der Waals surface area contributed by atoms with Gasteiger partial charge in [0.1, 0.15) is 5.75 Å². The lowest BCUT2D eigenvalue weighted by Gasteiger charge is -2.12. The first kappa shape index (κ1) is 24.2. The first-order valence-corrected chi connectivity index (χ1v) is 11.8. The van der Waals surface area contributed by atoms with Gasteiger partial charge < -0.3 is 4.74 Å². The van der Waals surface area contributed by atoms with Crippen molar-refractivity contribution in [2.24, 2.45) is 0 Å². The van der Waals surface area contributed by atoms with Gasteiger partial charge in [-0.05, 0) is 35.9 Å². The number of nitrogens with one attached hydrogen (secondary N) is 3. The lowest BCUT2D eigenvalue weighted by atomic mass is 10.1. The number of hydrogen-bond acceptors (Lipinski definition) is 5. The van der Waals surface area contributed by atoms with Crippen LogP contribution in [0.5, 0.6) is 5.75 Å². The number of hydrogen-bond donors (Lipinski definition) is 3. The van der Waals surface area contributed by atoms with Crippen molar-refractivity contribution in [3.63, 3.8) is 0 Å². The second-order valence-corrected chi connectivity index (χ2v) is 9.05. The number of carbonyl (C=O) groups is 2. The fraction of sp³-hybridized carbons (Fsp3) is 0.130. The lowest BCUT2D eigenvalue weighted by Crippen LogP contribution is -2.44. The number of hydrazine groups is 1. The molecule has 0 aliphatic heterocycles. The van der Waals surface area contributed by atoms with Crippen LogP contribution >= 0.6 is 11.6 Å². The van der Waals surface area contributed by atoms with Crippen molar-refractivity contribution in [3.05, 3.63) is 83.9 Å². The third-order valence-electron chi connectivity index (χ3n) is 4.44. The van der Waals surface area contributed by atoms with Gasteiger partial charge in [0.2, 0.25) is 15.9 Å². The summed E-state index contributed by atoms with van der Waals surface area (Å²) in [5, 5.41) is 0.414. The normalized spacial score (nSPS) is 10.9. The van der Waals surface area contributed by atoms with Gasteiger partial charge >= 0.3 is 0 Å². The minimum atomic E-state index is -3.77. The van der Waals surface area contributed by atoms with Crippen LogP contribution in [0.15, 0.2) is 83.8 Å². The van der Waals surface area contributed by atoms with E-state index < -0.39 is 21.8 Å². The standard InChI is InChI=1S/C23H22ClN3O5S/c24-18-10-12-19(13-11-18)33(30,31)25-15-14-22(28)26-27-23(29)16-32-21-9-5-4-8-20(21)17-6-2-1-3-7-17/h1-13,25H,14-16H2,(H,26,28)(H,27,29). The SMILES string of the molecule is O=C(CCNS(=O)(=O)c1ccc(Cl)cc1)NNC(=O)COc1ccccc1-c1ccccc1. The van der Waals surface area contributed by atoms with E-state index in [4.69, 9.17) is 16.3 Å². The summed E-state index contributed by atoms with van der Waals surface area (Å²) in [7, 11) is -3.77. The topological polar surface area (TPSA) is 114 Å². The average molecular weight is 488 g/mol. The minimum absolute atomic E-state index is 0.0357. The Morgan fingerprint density at radius 2 is 1.45 bits per heavy atom. The average Bonchev–Trinajstić information content (AvgIpc) is 2.82. The first-order valence-electron chi connectivity index (χ1n) is 9.95. The summed E-state index contributed by atoms with van der Waals surface area (Å²) in [5.74, 6) is -0.596. The van der Waals surface area contributed by atoms with Crippen LogP contribution < -0.4 is 20.3 Å². The molecule has 0 aromatic heterocycles. The van der Waals surface area contributed by atoms with Gasteiger partial charge in [0.15, 0.2) is 6.61 Å². The van der Waals surface area contributed by atoms with Crippen LogP contribution in [0.25, 0.3) is 11.1 Å². The van der Waals surface area contributed by atoms with Gasteiger partial charge in [0.25, 0.3) is 5.91 Å². The fourth-order valence-corrected chi connectivity index (χ4v) is 3.98. The molecular weight excluding hydrogens is 466 g/mol. The molecule has 2 amide bonds. The van der Waals surface area contributed by atoms with Crippen LogP contribution in [-0.2, 0) is 19.6 Å². The molecule has 8 nitrogen and oxygen atoms in total. The predicted molar refractivity (Wildman–Crippen MR) is 125 cm³/mol. The molecule has 172 valence electrons. The van der Waals surface area contributed by atoms with E-state index in [0.717, 1.165) is 11.1 Å². The molecule has 3 aromatic carbocycles. The summed E-state index contributed by atoms with van der Waals surface area (Å²) in [6.45, 7) is -0.457. The van der Waals surface area contributed by atoms with Gasteiger partial charge in [-0.25, -0.2) is 13.1 Å². The van der Waals surface area contributed by atoms with E-state index in [1.807, 2.05) is 42.5 Å². The molecule has 0 bridgehead atoms. The summed E-state index contributed by atoms with van der Waals surface area (Å²) in [5.41, 5.74) is 6.25. The van der Waals surface area contributed by atoms with Gasteiger partial charge in [0, 0.05) is 23.6 Å². The molecule has 0 saturated carbocycles. The van der Waals surface area contributed by atoms with E-state index in [-0.39, 0.29) is 24.5 Å². The molecule has 3 N–H and O–H groups in total. The zero-order chi connectivity index (χ0) is 23.7. The van der Waals surface area contributed by atoms with Crippen molar-refractivity contribution in [2.45, 2.75) is 11.3 Å². The molecule has 0 spiro atoms. The Morgan fingerprint density at radius 3 is 2.18 bits per heavy atom. The maximum absolute atomic E-state index is 12.2. The highest BCUT2D eigenvalue weighted by atomic mass is 35.5. The number of benzene rings is 3. The molecule has 0 aliphatic carbocycles. The van der Waals surface area contributed by atoms with Crippen molar-refractivity contribution in [1.29, 1.82) is 0 Å². The summed E-state index contributed by atoms with van der Waals surface area (Å²) < 4.78 is 32.3. The Kier molecular flexibility index (Phi) is 8.42. The second-order valence-electron chi connectivity index (χ2n) is 6.85. The number of para-hydroxylation sites is 1. The van der Waals surface area contributed by atoms with E-state index in [1.54, 1.807) is 12.1 Å². The van der Waals surface area contributed by atoms with Gasteiger partial charge in [-0.3, -0.25) is 20.4 Å². The van der Waals surface area contributed by atoms with E-state index >= 15 is 0 Å². The Morgan fingerprint density at radius 1 is 0.818 bits per heavy atom.